The number of methoxy groups -OCH3 is 1. The number of amidine groups is 1. The van der Waals surface area contributed by atoms with Crippen molar-refractivity contribution in [3.8, 4) is 5.88 Å². The van der Waals surface area contributed by atoms with E-state index < -0.39 is 35.8 Å². The normalized spacial score (nSPS) is 17.8. The quantitative estimate of drug-likeness (QED) is 0.637. The molecule has 0 radical (unpaired) electrons. The molecule has 0 saturated carbocycles. The molecule has 2 aromatic heterocycles. The second-order valence-electron chi connectivity index (χ2n) is 6.69. The number of nitrogens with one attached hydrogen (secondary N) is 1. The number of hydrogen-bond donors (Lipinski definition) is 2. The van der Waals surface area contributed by atoms with Gasteiger partial charge in [0.2, 0.25) is 5.88 Å². The first-order valence-corrected chi connectivity index (χ1v) is 8.97. The van der Waals surface area contributed by atoms with Gasteiger partial charge in [0.15, 0.2) is 5.54 Å². The van der Waals surface area contributed by atoms with Crippen molar-refractivity contribution in [3.63, 3.8) is 0 Å². The average molecular weight is 431 g/mol. The van der Waals surface area contributed by atoms with E-state index in [0.717, 1.165) is 12.1 Å². The lowest BCUT2D eigenvalue weighted by atomic mass is 9.88. The summed E-state index contributed by atoms with van der Waals surface area (Å²) >= 11 is 0. The molecule has 4 rings (SSSR count). The SMILES string of the molecule is COc1cnc(C(=O)Nc2ccc(F)c(C3(C(F)F)Cn4nccc4C(N)=N3)c2)cn1. The van der Waals surface area contributed by atoms with Crippen LogP contribution in [0.3, 0.4) is 0 Å². The predicted molar refractivity (Wildman–Crippen MR) is 104 cm³/mol. The number of rotatable bonds is 5. The van der Waals surface area contributed by atoms with Crippen molar-refractivity contribution >= 4 is 17.4 Å². The molecule has 1 aliphatic rings. The van der Waals surface area contributed by atoms with E-state index in [1.165, 1.54) is 42.5 Å². The van der Waals surface area contributed by atoms with Crippen LogP contribution in [0.5, 0.6) is 5.88 Å². The monoisotopic (exact) mass is 431 g/mol. The van der Waals surface area contributed by atoms with Crippen molar-refractivity contribution in [2.75, 3.05) is 12.4 Å². The van der Waals surface area contributed by atoms with Crippen LogP contribution in [0.25, 0.3) is 0 Å². The standard InChI is InChI=1S/C19H16F3N7O2/c1-31-15-8-24-13(7-25-15)17(30)27-10-2-3-12(20)11(6-10)19(18(21)22)9-29-14(4-5-26-29)16(23)28-19/h2-8,18H,9H2,1H3,(H2,23,28)(H,27,30). The van der Waals surface area contributed by atoms with Crippen molar-refractivity contribution in [2.24, 2.45) is 10.7 Å². The minimum absolute atomic E-state index is 0.0450. The maximum atomic E-state index is 14.7. The maximum Gasteiger partial charge on any atom is 0.275 e. The number of aliphatic imine (C=N–C) groups is 1. The zero-order valence-corrected chi connectivity index (χ0v) is 16.1. The van der Waals surface area contributed by atoms with Crippen LogP contribution in [0.2, 0.25) is 0 Å². The fourth-order valence-corrected chi connectivity index (χ4v) is 3.26. The topological polar surface area (TPSA) is 120 Å². The van der Waals surface area contributed by atoms with Crippen LogP contribution in [0, 0.1) is 5.82 Å². The fourth-order valence-electron chi connectivity index (χ4n) is 3.26. The number of aromatic nitrogens is 4. The maximum absolute atomic E-state index is 14.7. The number of carbonyl (C=O) groups is 1. The minimum Gasteiger partial charge on any atom is -0.480 e. The Morgan fingerprint density at radius 2 is 2.10 bits per heavy atom. The first-order valence-electron chi connectivity index (χ1n) is 8.97. The highest BCUT2D eigenvalue weighted by molar-refractivity contribution is 6.02. The van der Waals surface area contributed by atoms with Gasteiger partial charge in [0.05, 0.1) is 26.0 Å². The number of nitrogens with two attached hydrogens (primary N) is 1. The summed E-state index contributed by atoms with van der Waals surface area (Å²) < 4.78 is 49.3. The van der Waals surface area contributed by atoms with E-state index in [2.05, 4.69) is 25.4 Å². The number of amides is 1. The molecule has 0 spiro atoms. The predicted octanol–water partition coefficient (Wildman–Crippen LogP) is 1.95. The first-order chi connectivity index (χ1) is 14.8. The van der Waals surface area contributed by atoms with Gasteiger partial charge in [-0.15, -0.1) is 0 Å². The first kappa shape index (κ1) is 20.3. The molecular weight excluding hydrogens is 415 g/mol. The fraction of sp³-hybridized carbons (Fsp3) is 0.211. The molecule has 0 aliphatic carbocycles. The molecule has 3 N–H and O–H groups in total. The highest BCUT2D eigenvalue weighted by Crippen LogP contribution is 2.39. The van der Waals surface area contributed by atoms with Crippen LogP contribution in [0.15, 0.2) is 47.8 Å². The van der Waals surface area contributed by atoms with E-state index in [-0.39, 0.29) is 23.1 Å². The van der Waals surface area contributed by atoms with Gasteiger partial charge in [-0.1, -0.05) is 0 Å². The third kappa shape index (κ3) is 3.56. The molecule has 0 fully saturated rings. The summed E-state index contributed by atoms with van der Waals surface area (Å²) in [7, 11) is 1.40. The average Bonchev–Trinajstić information content (AvgIpc) is 3.24. The van der Waals surface area contributed by atoms with Gasteiger partial charge in [-0.25, -0.2) is 28.1 Å². The van der Waals surface area contributed by atoms with Crippen molar-refractivity contribution < 1.29 is 22.7 Å². The number of nitrogens with zero attached hydrogens (tertiary/aromatic N) is 5. The zero-order chi connectivity index (χ0) is 22.2. The van der Waals surface area contributed by atoms with Crippen LogP contribution in [0.4, 0.5) is 18.9 Å². The molecule has 3 heterocycles. The molecule has 0 saturated heterocycles. The number of ether oxygens (including phenoxy) is 1. The molecule has 12 heteroatoms. The summed E-state index contributed by atoms with van der Waals surface area (Å²) in [4.78, 5) is 24.2. The molecule has 160 valence electrons. The summed E-state index contributed by atoms with van der Waals surface area (Å²) in [6.07, 6.45) is 0.724. The molecule has 1 aliphatic heterocycles. The lowest BCUT2D eigenvalue weighted by Crippen LogP contribution is -2.45. The molecule has 9 nitrogen and oxygen atoms in total. The van der Waals surface area contributed by atoms with Gasteiger partial charge in [-0.2, -0.15) is 5.10 Å². The highest BCUT2D eigenvalue weighted by Gasteiger charge is 2.47. The summed E-state index contributed by atoms with van der Waals surface area (Å²) in [6.45, 7) is -0.425. The lowest BCUT2D eigenvalue weighted by molar-refractivity contribution is 0.0364. The Kier molecular flexibility index (Phi) is 5.05. The van der Waals surface area contributed by atoms with Crippen LogP contribution >= 0.6 is 0 Å². The van der Waals surface area contributed by atoms with Crippen LogP contribution in [-0.2, 0) is 12.1 Å². The van der Waals surface area contributed by atoms with E-state index >= 15 is 0 Å². The Morgan fingerprint density at radius 3 is 2.77 bits per heavy atom. The summed E-state index contributed by atoms with van der Waals surface area (Å²) in [5.74, 6) is -1.56. The second kappa shape index (κ2) is 7.70. The Labute approximate surface area is 173 Å². The molecule has 3 aromatic rings. The van der Waals surface area contributed by atoms with E-state index in [0.29, 0.717) is 5.69 Å². The molecule has 31 heavy (non-hydrogen) atoms. The summed E-state index contributed by atoms with van der Waals surface area (Å²) in [5.41, 5.74) is 3.49. The van der Waals surface area contributed by atoms with E-state index in [9.17, 15) is 18.0 Å². The third-order valence-electron chi connectivity index (χ3n) is 4.81. The molecule has 1 amide bonds. The van der Waals surface area contributed by atoms with Gasteiger partial charge in [0.1, 0.15) is 23.0 Å². The minimum atomic E-state index is -3.10. The van der Waals surface area contributed by atoms with Crippen molar-refractivity contribution in [1.82, 2.24) is 19.7 Å². The Morgan fingerprint density at radius 1 is 1.29 bits per heavy atom. The van der Waals surface area contributed by atoms with Gasteiger partial charge in [0.25, 0.3) is 12.3 Å². The molecule has 1 unspecified atom stereocenters. The molecule has 1 atom stereocenters. The number of halogens is 3. The molecular formula is C19H16F3N7O2. The van der Waals surface area contributed by atoms with Crippen LogP contribution in [-0.4, -0.2) is 45.0 Å². The largest absolute Gasteiger partial charge is 0.480 e. The van der Waals surface area contributed by atoms with Crippen molar-refractivity contribution in [1.29, 1.82) is 0 Å². The van der Waals surface area contributed by atoms with Crippen LogP contribution in [0.1, 0.15) is 21.7 Å². The number of carbonyl (C=O) groups excluding carboxylic acids is 1. The number of anilines is 1. The third-order valence-corrected chi connectivity index (χ3v) is 4.81. The van der Waals surface area contributed by atoms with Gasteiger partial charge < -0.3 is 15.8 Å². The van der Waals surface area contributed by atoms with Crippen LogP contribution < -0.4 is 15.8 Å². The Bertz CT molecular complexity index is 1160. The van der Waals surface area contributed by atoms with E-state index in [1.54, 1.807) is 0 Å². The zero-order valence-electron chi connectivity index (χ0n) is 16.1. The number of benzene rings is 1. The number of fused-ring (bicyclic) bond motifs is 1. The highest BCUT2D eigenvalue weighted by atomic mass is 19.3. The smallest absolute Gasteiger partial charge is 0.275 e. The number of hydrogen-bond acceptors (Lipinski definition) is 7. The van der Waals surface area contributed by atoms with Gasteiger partial charge >= 0.3 is 0 Å². The summed E-state index contributed by atoms with van der Waals surface area (Å²) in [5, 5.41) is 6.46. The number of alkyl halides is 2. The van der Waals surface area contributed by atoms with Gasteiger partial charge in [-0.05, 0) is 24.3 Å². The van der Waals surface area contributed by atoms with Crippen molar-refractivity contribution in [3.05, 3.63) is 65.6 Å². The van der Waals surface area contributed by atoms with E-state index in [1.807, 2.05) is 0 Å². The second-order valence-corrected chi connectivity index (χ2v) is 6.69. The molecule has 1 aromatic carbocycles. The lowest BCUT2D eigenvalue weighted by Gasteiger charge is -2.34. The van der Waals surface area contributed by atoms with E-state index in [4.69, 9.17) is 10.5 Å². The van der Waals surface area contributed by atoms with Gasteiger partial charge in [-0.3, -0.25) is 9.48 Å². The summed E-state index contributed by atoms with van der Waals surface area (Å²) in [6, 6.07) is 4.83. The van der Waals surface area contributed by atoms with Crippen molar-refractivity contribution in [2.45, 2.75) is 18.5 Å². The Balaban J connectivity index is 1.69. The Hall–Kier alpha value is -3.96. The molecule has 0 bridgehead atoms. The van der Waals surface area contributed by atoms with Gasteiger partial charge in [0, 0.05) is 17.4 Å².